The molecule has 0 aromatic carbocycles. The third-order valence-corrected chi connectivity index (χ3v) is 6.77. The van der Waals surface area contributed by atoms with E-state index in [0.29, 0.717) is 0 Å². The van der Waals surface area contributed by atoms with Crippen LogP contribution in [0.5, 0.6) is 0 Å². The summed E-state index contributed by atoms with van der Waals surface area (Å²) in [6.45, 7) is 6.72. The predicted molar refractivity (Wildman–Crippen MR) is 136 cm³/mol. The Morgan fingerprint density at radius 2 is 2.03 bits per heavy atom. The Morgan fingerprint density at radius 3 is 2.59 bits per heavy atom. The molecule has 18 heteroatoms. The van der Waals surface area contributed by atoms with Gasteiger partial charge in [0.25, 0.3) is 5.56 Å². The van der Waals surface area contributed by atoms with Gasteiger partial charge in [-0.1, -0.05) is 39.9 Å². The second kappa shape index (κ2) is 12.5. The van der Waals surface area contributed by atoms with Gasteiger partial charge in [0.15, 0.2) is 0 Å². The lowest BCUT2D eigenvalue weighted by molar-refractivity contribution is -0.156. The molecule has 2 unspecified atom stereocenters. The summed E-state index contributed by atoms with van der Waals surface area (Å²) in [5.74, 6) is -0.745. The van der Waals surface area contributed by atoms with E-state index in [9.17, 15) is 18.9 Å². The van der Waals surface area contributed by atoms with Crippen LogP contribution in [0, 0.1) is 6.92 Å². The number of alkyl halides is 3. The molecule has 14 nitrogen and oxygen atoms in total. The molecule has 0 aliphatic carbocycles. The summed E-state index contributed by atoms with van der Waals surface area (Å²) in [5.41, 5.74) is 7.13. The average Bonchev–Trinajstić information content (AvgIpc) is 3.15. The van der Waals surface area contributed by atoms with Crippen LogP contribution in [0.25, 0.3) is 10.4 Å². The van der Waals surface area contributed by atoms with Gasteiger partial charge in [0.1, 0.15) is 24.5 Å². The molecular weight excluding hydrogens is 578 g/mol. The lowest BCUT2D eigenvalue weighted by Gasteiger charge is -2.27. The number of nitrogens with one attached hydrogen (secondary N) is 2. The minimum atomic E-state index is -4.34. The highest BCUT2D eigenvalue weighted by molar-refractivity contribution is 7.51. The van der Waals surface area contributed by atoms with E-state index in [1.165, 1.54) is 20.0 Å². The Balaban J connectivity index is 2.23. The van der Waals surface area contributed by atoms with Crippen molar-refractivity contribution in [2.24, 2.45) is 5.11 Å². The monoisotopic (exact) mass is 604 g/mol. The Bertz CT molecular complexity index is 1190. The van der Waals surface area contributed by atoms with Crippen molar-refractivity contribution in [1.29, 1.82) is 0 Å². The fraction of sp³-hybridized carbons (Fsp3) is 0.737. The molecule has 1 aliphatic rings. The van der Waals surface area contributed by atoms with Crippen LogP contribution in [0.2, 0.25) is 0 Å². The predicted octanol–water partition coefficient (Wildman–Crippen LogP) is 3.64. The third-order valence-electron chi connectivity index (χ3n) is 4.78. The van der Waals surface area contributed by atoms with Gasteiger partial charge < -0.3 is 9.47 Å². The number of nitrogens with zero attached hydrogens (tertiary/aromatic N) is 4. The number of carbonyl (C=O) groups excluding carboxylic acids is 1. The van der Waals surface area contributed by atoms with E-state index in [0.717, 1.165) is 4.57 Å². The molecule has 1 saturated heterocycles. The molecule has 5 atom stereocenters. The summed E-state index contributed by atoms with van der Waals surface area (Å²) in [6, 6.07) is -2.01. The molecule has 0 radical (unpaired) electrons. The first kappa shape index (κ1) is 31.6. The molecule has 0 bridgehead atoms. The average molecular weight is 606 g/mol. The lowest BCUT2D eigenvalue weighted by Crippen LogP contribution is -2.39. The van der Waals surface area contributed by atoms with Crippen LogP contribution in [0.15, 0.2) is 20.9 Å². The summed E-state index contributed by atoms with van der Waals surface area (Å²) < 4.78 is 34.4. The zero-order chi connectivity index (χ0) is 28.2. The van der Waals surface area contributed by atoms with Gasteiger partial charge >= 0.3 is 19.4 Å². The minimum absolute atomic E-state index is 0.0462. The van der Waals surface area contributed by atoms with Crippen LogP contribution >= 0.6 is 42.5 Å². The second-order valence-electron chi connectivity index (χ2n) is 9.18. The molecule has 1 aromatic rings. The lowest BCUT2D eigenvalue weighted by atomic mass is 10.1. The van der Waals surface area contributed by atoms with Crippen LogP contribution in [0.1, 0.15) is 45.9 Å². The Labute approximate surface area is 227 Å². The zero-order valence-corrected chi connectivity index (χ0v) is 23.8. The van der Waals surface area contributed by atoms with E-state index in [4.69, 9.17) is 58.9 Å². The number of hydrogen-bond acceptors (Lipinski definition) is 9. The SMILES string of the molecule is Cc1cn([C@H]2C[C@H](N=[N+]=[N-])[C@@H](COP(=O)(NC(C)C(=O)OC(C)(C)C)OCC(Cl)(Cl)Cl)O2)c(=O)[nH]c1=O. The van der Waals surface area contributed by atoms with Crippen LogP contribution in [-0.2, 0) is 27.9 Å². The van der Waals surface area contributed by atoms with Gasteiger partial charge in [-0.05, 0) is 40.1 Å². The maximum atomic E-state index is 13.5. The smallest absolute Gasteiger partial charge is 0.406 e. The Morgan fingerprint density at radius 1 is 1.38 bits per heavy atom. The number of esters is 1. The molecule has 0 amide bonds. The van der Waals surface area contributed by atoms with E-state index in [1.807, 2.05) is 0 Å². The number of hydrogen-bond donors (Lipinski definition) is 2. The van der Waals surface area contributed by atoms with Crippen molar-refractivity contribution in [3.8, 4) is 0 Å². The first-order valence-electron chi connectivity index (χ1n) is 10.9. The van der Waals surface area contributed by atoms with Gasteiger partial charge in [-0.15, -0.1) is 0 Å². The maximum Gasteiger partial charge on any atom is 0.406 e. The number of aryl methyl sites for hydroxylation is 1. The summed E-state index contributed by atoms with van der Waals surface area (Å²) >= 11 is 17.1. The van der Waals surface area contributed by atoms with Gasteiger partial charge in [0, 0.05) is 23.1 Å². The normalized spacial score (nSPS) is 22.6. The van der Waals surface area contributed by atoms with Crippen molar-refractivity contribution >= 4 is 48.5 Å². The summed E-state index contributed by atoms with van der Waals surface area (Å²) in [6.07, 6.45) is -0.572. The molecule has 208 valence electrons. The highest BCUT2D eigenvalue weighted by Gasteiger charge is 2.40. The molecule has 1 aromatic heterocycles. The summed E-state index contributed by atoms with van der Waals surface area (Å²) in [5, 5.41) is 6.10. The number of H-pyrrole nitrogens is 1. The van der Waals surface area contributed by atoms with Gasteiger partial charge in [-0.25, -0.2) is 14.4 Å². The highest BCUT2D eigenvalue weighted by Crippen LogP contribution is 2.47. The van der Waals surface area contributed by atoms with Crippen LogP contribution in [0.4, 0.5) is 0 Å². The molecule has 1 aliphatic heterocycles. The van der Waals surface area contributed by atoms with E-state index < -0.39 is 72.0 Å². The molecule has 0 saturated carbocycles. The van der Waals surface area contributed by atoms with Crippen LogP contribution in [-0.4, -0.2) is 56.3 Å². The molecule has 1 fully saturated rings. The largest absolute Gasteiger partial charge is 0.459 e. The molecule has 37 heavy (non-hydrogen) atoms. The zero-order valence-electron chi connectivity index (χ0n) is 20.6. The van der Waals surface area contributed by atoms with Crippen molar-refractivity contribution < 1.29 is 27.9 Å². The van der Waals surface area contributed by atoms with E-state index in [-0.39, 0.29) is 12.0 Å². The van der Waals surface area contributed by atoms with Crippen molar-refractivity contribution in [1.82, 2.24) is 14.6 Å². The van der Waals surface area contributed by atoms with Crippen molar-refractivity contribution in [3.63, 3.8) is 0 Å². The summed E-state index contributed by atoms with van der Waals surface area (Å²) in [4.78, 5) is 41.3. The van der Waals surface area contributed by atoms with E-state index in [2.05, 4.69) is 20.1 Å². The van der Waals surface area contributed by atoms with Gasteiger partial charge in [0.05, 0.1) is 18.8 Å². The topological polar surface area (TPSA) is 187 Å². The van der Waals surface area contributed by atoms with Crippen molar-refractivity contribution in [3.05, 3.63) is 43.0 Å². The number of aromatic nitrogens is 2. The molecule has 2 N–H and O–H groups in total. The van der Waals surface area contributed by atoms with Crippen molar-refractivity contribution in [2.75, 3.05) is 13.2 Å². The number of halogens is 3. The fourth-order valence-electron chi connectivity index (χ4n) is 3.15. The standard InChI is InChI=1S/C19H28Cl3N6O8P/c1-10-7-28(17(31)24-15(10)29)14-6-12(25-27-23)13(35-14)8-33-37(32,34-9-19(20,21)22)26-11(2)16(30)36-18(3,4)5/h7,11-14H,6,8-9H2,1-5H3,(H,26,32)(H,24,29,31)/t11?,12-,13+,14+,37?/m0/s1. The molecule has 2 rings (SSSR count). The van der Waals surface area contributed by atoms with Gasteiger partial charge in [-0.3, -0.25) is 28.2 Å². The van der Waals surface area contributed by atoms with Crippen molar-refractivity contribution in [2.45, 2.75) is 74.8 Å². The van der Waals surface area contributed by atoms with Gasteiger partial charge in [0.2, 0.25) is 3.79 Å². The second-order valence-corrected chi connectivity index (χ2v) is 13.5. The third kappa shape index (κ3) is 9.90. The highest BCUT2D eigenvalue weighted by atomic mass is 35.6. The number of carbonyl (C=O) groups is 1. The van der Waals surface area contributed by atoms with Gasteiger partial charge in [-0.2, -0.15) is 0 Å². The molecular formula is C19H28Cl3N6O8P. The van der Waals surface area contributed by atoms with E-state index >= 15 is 0 Å². The van der Waals surface area contributed by atoms with Crippen LogP contribution < -0.4 is 16.3 Å². The number of rotatable bonds is 10. The number of azide groups is 1. The Hall–Kier alpha value is -1.60. The van der Waals surface area contributed by atoms with E-state index in [1.54, 1.807) is 20.8 Å². The molecule has 0 spiro atoms. The maximum absolute atomic E-state index is 13.5. The fourth-order valence-corrected chi connectivity index (χ4v) is 5.05. The van der Waals surface area contributed by atoms with Crippen LogP contribution in [0.3, 0.4) is 0 Å². The minimum Gasteiger partial charge on any atom is -0.459 e. The first-order valence-corrected chi connectivity index (χ1v) is 13.6. The molecule has 2 heterocycles. The Kier molecular flexibility index (Phi) is 10.7. The quantitative estimate of drug-likeness (QED) is 0.100. The first-order chi connectivity index (χ1) is 16.9. The number of aromatic amines is 1. The number of ether oxygens (including phenoxy) is 2. The summed E-state index contributed by atoms with van der Waals surface area (Å²) in [7, 11) is -4.34.